The lowest BCUT2D eigenvalue weighted by molar-refractivity contribution is -0.134. The van der Waals surface area contributed by atoms with E-state index in [1.165, 1.54) is 13.2 Å². The molecule has 3 nitrogen and oxygen atoms in total. The molecule has 0 amide bonds. The van der Waals surface area contributed by atoms with Crippen LogP contribution in [0, 0.1) is 0 Å². The molecule has 0 atom stereocenters. The third kappa shape index (κ3) is 8.08. The Morgan fingerprint density at radius 3 is 2.00 bits per heavy atom. The van der Waals surface area contributed by atoms with Gasteiger partial charge in [-0.1, -0.05) is 58.0 Å². The van der Waals surface area contributed by atoms with Gasteiger partial charge in [0, 0.05) is 11.8 Å². The van der Waals surface area contributed by atoms with Gasteiger partial charge in [0.05, 0.1) is 7.11 Å². The molecule has 0 saturated heterocycles. The van der Waals surface area contributed by atoms with E-state index in [-0.39, 0.29) is 0 Å². The van der Waals surface area contributed by atoms with Gasteiger partial charge in [-0.3, -0.25) is 0 Å². The second-order valence-electron chi connectivity index (χ2n) is 2.49. The van der Waals surface area contributed by atoms with Crippen molar-refractivity contribution in [3.05, 3.63) is 42.0 Å². The van der Waals surface area contributed by atoms with Crippen LogP contribution in [0.25, 0.3) is 5.70 Å². The number of esters is 1. The summed E-state index contributed by atoms with van der Waals surface area (Å²) in [5.41, 5.74) is 6.85. The number of hydrogen-bond donors (Lipinski definition) is 1. The molecule has 0 aromatic heterocycles. The first-order chi connectivity index (χ1) is 8.24. The molecule has 17 heavy (non-hydrogen) atoms. The summed E-state index contributed by atoms with van der Waals surface area (Å²) in [7, 11) is 1.32. The highest BCUT2D eigenvalue weighted by atomic mass is 16.5. The van der Waals surface area contributed by atoms with Crippen molar-refractivity contribution in [1.29, 1.82) is 0 Å². The molecule has 0 unspecified atom stereocenters. The van der Waals surface area contributed by atoms with Gasteiger partial charge in [0.25, 0.3) is 0 Å². The van der Waals surface area contributed by atoms with Crippen LogP contribution in [0.15, 0.2) is 36.4 Å². The summed E-state index contributed by atoms with van der Waals surface area (Å²) in [5, 5.41) is 0. The predicted molar refractivity (Wildman–Crippen MR) is 73.3 cm³/mol. The van der Waals surface area contributed by atoms with Crippen LogP contribution in [0.4, 0.5) is 0 Å². The van der Waals surface area contributed by atoms with Crippen molar-refractivity contribution in [2.24, 2.45) is 5.73 Å². The fourth-order valence-electron chi connectivity index (χ4n) is 0.900. The zero-order chi connectivity index (χ0) is 13.7. The van der Waals surface area contributed by atoms with E-state index in [4.69, 9.17) is 5.73 Å². The van der Waals surface area contributed by atoms with Crippen LogP contribution in [0.1, 0.15) is 33.3 Å². The fraction of sp³-hybridized carbons (Fsp3) is 0.357. The minimum absolute atomic E-state index is 0.410. The minimum atomic E-state index is -0.443. The average Bonchev–Trinajstić information content (AvgIpc) is 2.44. The topological polar surface area (TPSA) is 52.3 Å². The maximum Gasteiger partial charge on any atom is 0.332 e. The van der Waals surface area contributed by atoms with Gasteiger partial charge >= 0.3 is 5.97 Å². The van der Waals surface area contributed by atoms with E-state index in [0.717, 1.165) is 5.56 Å². The maximum atomic E-state index is 10.8. The van der Waals surface area contributed by atoms with Gasteiger partial charge in [0.2, 0.25) is 0 Å². The summed E-state index contributed by atoms with van der Waals surface area (Å²) >= 11 is 0. The number of ether oxygens (including phenoxy) is 1. The van der Waals surface area contributed by atoms with Crippen molar-refractivity contribution in [1.82, 2.24) is 0 Å². The second-order valence-corrected chi connectivity index (χ2v) is 2.49. The third-order valence-corrected chi connectivity index (χ3v) is 1.58. The molecule has 0 spiro atoms. The smallest absolute Gasteiger partial charge is 0.332 e. The Hall–Kier alpha value is -1.77. The molecule has 0 aliphatic heterocycles. The molecule has 0 aliphatic carbocycles. The first kappa shape index (κ1) is 17.6. The Morgan fingerprint density at radius 2 is 1.59 bits per heavy atom. The van der Waals surface area contributed by atoms with Crippen LogP contribution in [0.5, 0.6) is 0 Å². The second kappa shape index (κ2) is 12.3. The molecule has 1 aromatic carbocycles. The van der Waals surface area contributed by atoms with Crippen LogP contribution in [-0.4, -0.2) is 13.1 Å². The first-order valence-electron chi connectivity index (χ1n) is 5.84. The number of carbonyl (C=O) groups excluding carboxylic acids is 1. The van der Waals surface area contributed by atoms with E-state index in [0.29, 0.717) is 5.70 Å². The fourth-order valence-corrected chi connectivity index (χ4v) is 0.900. The Bertz CT molecular complexity index is 318. The molecule has 0 heterocycles. The molecular formula is C14H23NO2. The number of methoxy groups -OCH3 is 1. The van der Waals surface area contributed by atoms with E-state index >= 15 is 0 Å². The molecule has 0 aliphatic rings. The van der Waals surface area contributed by atoms with E-state index in [1.54, 1.807) is 0 Å². The summed E-state index contributed by atoms with van der Waals surface area (Å²) in [4.78, 5) is 10.8. The molecule has 0 saturated carbocycles. The van der Waals surface area contributed by atoms with E-state index in [1.807, 2.05) is 58.0 Å². The van der Waals surface area contributed by atoms with E-state index < -0.39 is 5.97 Å². The molecule has 1 aromatic rings. The maximum absolute atomic E-state index is 10.8. The van der Waals surface area contributed by atoms with Crippen molar-refractivity contribution in [2.45, 2.75) is 27.7 Å². The lowest BCUT2D eigenvalue weighted by Crippen LogP contribution is -2.02. The Balaban J connectivity index is 0. The predicted octanol–water partition coefficient (Wildman–Crippen LogP) is 3.21. The van der Waals surface area contributed by atoms with Crippen LogP contribution < -0.4 is 5.73 Å². The van der Waals surface area contributed by atoms with Crippen LogP contribution in [0.2, 0.25) is 0 Å². The normalized spacial score (nSPS) is 9.12. The summed E-state index contributed by atoms with van der Waals surface area (Å²) in [6, 6.07) is 9.25. The van der Waals surface area contributed by atoms with Gasteiger partial charge in [0.1, 0.15) is 0 Å². The van der Waals surface area contributed by atoms with Gasteiger partial charge in [-0.05, 0) is 5.56 Å². The number of rotatable bonds is 2. The van der Waals surface area contributed by atoms with Gasteiger partial charge in [0.15, 0.2) is 0 Å². The summed E-state index contributed by atoms with van der Waals surface area (Å²) in [5.74, 6) is -0.443. The van der Waals surface area contributed by atoms with Crippen LogP contribution in [-0.2, 0) is 9.53 Å². The molecule has 0 radical (unpaired) electrons. The van der Waals surface area contributed by atoms with Crippen LogP contribution in [0.3, 0.4) is 0 Å². The highest BCUT2D eigenvalue weighted by molar-refractivity contribution is 5.90. The molecular weight excluding hydrogens is 214 g/mol. The zero-order valence-corrected chi connectivity index (χ0v) is 11.4. The Labute approximate surface area is 104 Å². The summed E-state index contributed by atoms with van der Waals surface area (Å²) in [6.45, 7) is 8.00. The SMILES string of the molecule is CC.CC.COC(=O)/C=C(/N)c1ccccc1. The van der Waals surface area contributed by atoms with Crippen molar-refractivity contribution in [2.75, 3.05) is 7.11 Å². The molecule has 0 fully saturated rings. The molecule has 96 valence electrons. The summed E-state index contributed by atoms with van der Waals surface area (Å²) in [6.07, 6.45) is 1.26. The summed E-state index contributed by atoms with van der Waals surface area (Å²) < 4.78 is 4.45. The third-order valence-electron chi connectivity index (χ3n) is 1.58. The van der Waals surface area contributed by atoms with Gasteiger partial charge in [-0.25, -0.2) is 4.79 Å². The largest absolute Gasteiger partial charge is 0.466 e. The van der Waals surface area contributed by atoms with Gasteiger partial charge in [-0.2, -0.15) is 0 Å². The Kier molecular flexibility index (Phi) is 12.7. The lowest BCUT2D eigenvalue weighted by Gasteiger charge is -1.99. The van der Waals surface area contributed by atoms with Crippen LogP contribution >= 0.6 is 0 Å². The first-order valence-corrected chi connectivity index (χ1v) is 5.84. The number of carbonyl (C=O) groups is 1. The van der Waals surface area contributed by atoms with Gasteiger partial charge in [-0.15, -0.1) is 0 Å². The standard InChI is InChI=1S/C10H11NO2.2C2H6/c1-13-10(12)7-9(11)8-5-3-2-4-6-8;2*1-2/h2-7H,11H2,1H3;2*1-2H3/b9-7+;;. The lowest BCUT2D eigenvalue weighted by atomic mass is 10.1. The molecule has 2 N–H and O–H groups in total. The zero-order valence-electron chi connectivity index (χ0n) is 11.4. The quantitative estimate of drug-likeness (QED) is 0.634. The van der Waals surface area contributed by atoms with Crippen molar-refractivity contribution < 1.29 is 9.53 Å². The van der Waals surface area contributed by atoms with Crippen molar-refractivity contribution in [3.63, 3.8) is 0 Å². The Morgan fingerprint density at radius 1 is 1.12 bits per heavy atom. The van der Waals surface area contributed by atoms with E-state index in [2.05, 4.69) is 4.74 Å². The highest BCUT2D eigenvalue weighted by Gasteiger charge is 1.98. The van der Waals surface area contributed by atoms with Crippen molar-refractivity contribution >= 4 is 11.7 Å². The number of nitrogens with two attached hydrogens (primary N) is 1. The highest BCUT2D eigenvalue weighted by Crippen LogP contribution is 2.07. The molecule has 1 rings (SSSR count). The average molecular weight is 237 g/mol. The minimum Gasteiger partial charge on any atom is -0.466 e. The number of hydrogen-bond acceptors (Lipinski definition) is 3. The van der Waals surface area contributed by atoms with Crippen molar-refractivity contribution in [3.8, 4) is 0 Å². The van der Waals surface area contributed by atoms with E-state index in [9.17, 15) is 4.79 Å². The number of benzene rings is 1. The van der Waals surface area contributed by atoms with Gasteiger partial charge < -0.3 is 10.5 Å². The monoisotopic (exact) mass is 237 g/mol. The molecule has 3 heteroatoms. The molecule has 0 bridgehead atoms.